The van der Waals surface area contributed by atoms with Crippen LogP contribution in [0.15, 0.2) is 43.0 Å². The largest absolute Gasteiger partial charge is 0.468 e. The molecule has 0 bridgehead atoms. The molecule has 0 amide bonds. The fourth-order valence-electron chi connectivity index (χ4n) is 1.64. The molecule has 3 nitrogen and oxygen atoms in total. The molecule has 0 heterocycles. The van der Waals surface area contributed by atoms with Crippen LogP contribution < -0.4 is 0 Å². The Morgan fingerprint density at radius 2 is 2.06 bits per heavy atom. The Hall–Kier alpha value is -1.61. The van der Waals surface area contributed by atoms with Gasteiger partial charge in [-0.3, -0.25) is 4.79 Å². The third-order valence-electron chi connectivity index (χ3n) is 2.65. The summed E-state index contributed by atoms with van der Waals surface area (Å²) in [6.45, 7) is 5.14. The first-order valence-electron chi connectivity index (χ1n) is 5.02. The summed E-state index contributed by atoms with van der Waals surface area (Å²) in [5.74, 6) is -1.27. The molecule has 0 saturated carbocycles. The second-order valence-electron chi connectivity index (χ2n) is 3.75. The zero-order valence-corrected chi connectivity index (χ0v) is 9.51. The van der Waals surface area contributed by atoms with Crippen molar-refractivity contribution < 1.29 is 14.6 Å². The van der Waals surface area contributed by atoms with Gasteiger partial charge in [-0.05, 0) is 12.5 Å². The molecule has 0 radical (unpaired) electrons. The van der Waals surface area contributed by atoms with E-state index in [1.165, 1.54) is 13.2 Å². The third kappa shape index (κ3) is 2.31. The number of aliphatic hydroxyl groups is 1. The highest BCUT2D eigenvalue weighted by Gasteiger charge is 2.37. The normalized spacial score (nSPS) is 15.9. The maximum Gasteiger partial charge on any atom is 0.315 e. The van der Waals surface area contributed by atoms with Crippen molar-refractivity contribution in [2.75, 3.05) is 7.11 Å². The summed E-state index contributed by atoms with van der Waals surface area (Å²) in [6.07, 6.45) is 1.40. The number of carbonyl (C=O) groups is 1. The predicted octanol–water partition coefficient (Wildman–Crippen LogP) is 1.87. The van der Waals surface area contributed by atoms with Crippen molar-refractivity contribution in [1.82, 2.24) is 0 Å². The van der Waals surface area contributed by atoms with Crippen molar-refractivity contribution in [1.29, 1.82) is 0 Å². The van der Waals surface area contributed by atoms with E-state index >= 15 is 0 Å². The van der Waals surface area contributed by atoms with Crippen LogP contribution in [0.25, 0.3) is 0 Å². The van der Waals surface area contributed by atoms with Crippen molar-refractivity contribution in [2.24, 2.45) is 5.92 Å². The highest BCUT2D eigenvalue weighted by Crippen LogP contribution is 2.30. The van der Waals surface area contributed by atoms with Crippen LogP contribution in [-0.4, -0.2) is 18.2 Å². The SMILES string of the molecule is C=CC(C(=O)OC)C(C)(O)c1ccccc1. The standard InChI is InChI=1S/C13H16O3/c1-4-11(12(14)16-3)13(2,15)10-8-6-5-7-9-10/h4-9,11,15H,1H2,2-3H3. The van der Waals surface area contributed by atoms with Gasteiger partial charge in [0.05, 0.1) is 7.11 Å². The molecule has 1 rings (SSSR count). The Kier molecular flexibility index (Phi) is 3.85. The summed E-state index contributed by atoms with van der Waals surface area (Å²) in [6, 6.07) is 8.99. The van der Waals surface area contributed by atoms with Crippen LogP contribution in [0.2, 0.25) is 0 Å². The molecule has 16 heavy (non-hydrogen) atoms. The molecule has 0 aromatic heterocycles. The highest BCUT2D eigenvalue weighted by molar-refractivity contribution is 5.76. The van der Waals surface area contributed by atoms with Gasteiger partial charge < -0.3 is 9.84 Å². The topological polar surface area (TPSA) is 46.5 Å². The molecule has 0 aliphatic carbocycles. The minimum atomic E-state index is -1.31. The smallest absolute Gasteiger partial charge is 0.315 e. The van der Waals surface area contributed by atoms with Crippen molar-refractivity contribution in [3.8, 4) is 0 Å². The lowest BCUT2D eigenvalue weighted by molar-refractivity contribution is -0.152. The van der Waals surface area contributed by atoms with E-state index in [-0.39, 0.29) is 0 Å². The van der Waals surface area contributed by atoms with Gasteiger partial charge in [-0.2, -0.15) is 0 Å². The Bertz CT molecular complexity index is 368. The zero-order valence-electron chi connectivity index (χ0n) is 9.51. The molecular weight excluding hydrogens is 204 g/mol. The van der Waals surface area contributed by atoms with Crippen molar-refractivity contribution in [3.63, 3.8) is 0 Å². The van der Waals surface area contributed by atoms with E-state index in [4.69, 9.17) is 0 Å². The molecular formula is C13H16O3. The average Bonchev–Trinajstić information content (AvgIpc) is 2.30. The summed E-state index contributed by atoms with van der Waals surface area (Å²) in [5.41, 5.74) is -0.652. The van der Waals surface area contributed by atoms with E-state index in [0.717, 1.165) is 0 Å². The molecule has 0 spiro atoms. The first-order chi connectivity index (χ1) is 7.54. The van der Waals surface area contributed by atoms with Gasteiger partial charge in [0.2, 0.25) is 0 Å². The van der Waals surface area contributed by atoms with Gasteiger partial charge in [0.25, 0.3) is 0 Å². The quantitative estimate of drug-likeness (QED) is 0.622. The number of esters is 1. The molecule has 86 valence electrons. The van der Waals surface area contributed by atoms with Crippen molar-refractivity contribution in [3.05, 3.63) is 48.6 Å². The summed E-state index contributed by atoms with van der Waals surface area (Å²) >= 11 is 0. The molecule has 2 unspecified atom stereocenters. The lowest BCUT2D eigenvalue weighted by Gasteiger charge is -2.29. The second kappa shape index (κ2) is 4.94. The average molecular weight is 220 g/mol. The Morgan fingerprint density at radius 1 is 1.50 bits per heavy atom. The van der Waals surface area contributed by atoms with Crippen LogP contribution in [0.3, 0.4) is 0 Å². The van der Waals surface area contributed by atoms with Gasteiger partial charge in [0, 0.05) is 0 Å². The summed E-state index contributed by atoms with van der Waals surface area (Å²) in [5, 5.41) is 10.4. The van der Waals surface area contributed by atoms with Gasteiger partial charge in [-0.25, -0.2) is 0 Å². The molecule has 1 N–H and O–H groups in total. The first-order valence-corrected chi connectivity index (χ1v) is 5.02. The van der Waals surface area contributed by atoms with Gasteiger partial charge in [0.15, 0.2) is 0 Å². The molecule has 1 aromatic rings. The minimum Gasteiger partial charge on any atom is -0.468 e. The zero-order chi connectivity index (χ0) is 12.2. The van der Waals surface area contributed by atoms with E-state index in [9.17, 15) is 9.90 Å². The molecule has 0 aliphatic heterocycles. The molecule has 0 aliphatic rings. The Labute approximate surface area is 95.4 Å². The molecule has 1 aromatic carbocycles. The predicted molar refractivity (Wildman–Crippen MR) is 61.7 cm³/mol. The Balaban J connectivity index is 3.08. The van der Waals surface area contributed by atoms with Gasteiger partial charge in [-0.1, -0.05) is 36.4 Å². The molecule has 0 saturated heterocycles. The number of methoxy groups -OCH3 is 1. The third-order valence-corrected chi connectivity index (χ3v) is 2.65. The van der Waals surface area contributed by atoms with Crippen LogP contribution in [0, 0.1) is 5.92 Å². The van der Waals surface area contributed by atoms with Crippen LogP contribution >= 0.6 is 0 Å². The monoisotopic (exact) mass is 220 g/mol. The number of carbonyl (C=O) groups excluding carboxylic acids is 1. The second-order valence-corrected chi connectivity index (χ2v) is 3.75. The van der Waals surface area contributed by atoms with Crippen molar-refractivity contribution in [2.45, 2.75) is 12.5 Å². The maximum absolute atomic E-state index is 11.5. The van der Waals surface area contributed by atoms with Crippen LogP contribution in [0.4, 0.5) is 0 Å². The lowest BCUT2D eigenvalue weighted by atomic mass is 9.83. The summed E-state index contributed by atoms with van der Waals surface area (Å²) in [7, 11) is 1.29. The molecule has 2 atom stereocenters. The van der Waals surface area contributed by atoms with E-state index in [0.29, 0.717) is 5.56 Å². The van der Waals surface area contributed by atoms with E-state index in [1.54, 1.807) is 31.2 Å². The number of rotatable bonds is 4. The van der Waals surface area contributed by atoms with E-state index in [2.05, 4.69) is 11.3 Å². The number of hydrogen-bond acceptors (Lipinski definition) is 3. The summed E-state index contributed by atoms with van der Waals surface area (Å²) < 4.78 is 4.64. The minimum absolute atomic E-state index is 0.496. The van der Waals surface area contributed by atoms with Crippen LogP contribution in [-0.2, 0) is 15.1 Å². The molecule has 0 fully saturated rings. The maximum atomic E-state index is 11.5. The fraction of sp³-hybridized carbons (Fsp3) is 0.308. The van der Waals surface area contributed by atoms with E-state index in [1.807, 2.05) is 6.07 Å². The van der Waals surface area contributed by atoms with Crippen LogP contribution in [0.1, 0.15) is 12.5 Å². The Morgan fingerprint density at radius 3 is 2.50 bits per heavy atom. The van der Waals surface area contributed by atoms with Gasteiger partial charge in [-0.15, -0.1) is 6.58 Å². The number of benzene rings is 1. The van der Waals surface area contributed by atoms with Crippen LogP contribution in [0.5, 0.6) is 0 Å². The molecule has 3 heteroatoms. The fourth-order valence-corrected chi connectivity index (χ4v) is 1.64. The first kappa shape index (κ1) is 12.5. The van der Waals surface area contributed by atoms with Crippen molar-refractivity contribution >= 4 is 5.97 Å². The van der Waals surface area contributed by atoms with Gasteiger partial charge in [0.1, 0.15) is 11.5 Å². The summed E-state index contributed by atoms with van der Waals surface area (Å²) in [4.78, 5) is 11.5. The van der Waals surface area contributed by atoms with E-state index < -0.39 is 17.5 Å². The van der Waals surface area contributed by atoms with Gasteiger partial charge >= 0.3 is 5.97 Å². The lowest BCUT2D eigenvalue weighted by Crippen LogP contribution is -2.36. The number of ether oxygens (including phenoxy) is 1. The number of hydrogen-bond donors (Lipinski definition) is 1. The highest BCUT2D eigenvalue weighted by atomic mass is 16.5.